The number of anilines is 1. The summed E-state index contributed by atoms with van der Waals surface area (Å²) in [6, 6.07) is 2.62. The van der Waals surface area contributed by atoms with Crippen molar-refractivity contribution in [1.82, 2.24) is 15.5 Å². The molecular weight excluding hydrogens is 176 g/mol. The van der Waals surface area contributed by atoms with E-state index in [1.54, 1.807) is 6.20 Å². The number of hydrogen-bond donors (Lipinski definition) is 1. The smallest absolute Gasteiger partial charge is 0.151 e. The van der Waals surface area contributed by atoms with Crippen LogP contribution in [0.1, 0.15) is 12.5 Å². The first kappa shape index (κ1) is 9.40. The first-order valence-electron chi connectivity index (χ1n) is 5.03. The second kappa shape index (κ2) is 3.92. The molecule has 1 saturated heterocycles. The van der Waals surface area contributed by atoms with Gasteiger partial charge in [-0.2, -0.15) is 5.10 Å². The summed E-state index contributed by atoms with van der Waals surface area (Å²) in [5.74, 6) is 0.998. The summed E-state index contributed by atoms with van der Waals surface area (Å²) in [7, 11) is 0. The van der Waals surface area contributed by atoms with Crippen LogP contribution in [-0.2, 0) is 0 Å². The predicted molar refractivity (Wildman–Crippen MR) is 56.4 cm³/mol. The van der Waals surface area contributed by atoms with Gasteiger partial charge in [-0.15, -0.1) is 5.10 Å². The molecule has 0 unspecified atom stereocenters. The Balaban J connectivity index is 2.14. The third-order valence-electron chi connectivity index (χ3n) is 2.47. The molecule has 1 aliphatic rings. The summed E-state index contributed by atoms with van der Waals surface area (Å²) in [6.45, 7) is 7.29. The summed E-state index contributed by atoms with van der Waals surface area (Å²) in [5, 5.41) is 11.5. The average molecular weight is 192 g/mol. The molecular formula is C10H16N4. The van der Waals surface area contributed by atoms with E-state index in [0.717, 1.165) is 25.5 Å². The van der Waals surface area contributed by atoms with Crippen molar-refractivity contribution in [2.45, 2.75) is 19.9 Å². The van der Waals surface area contributed by atoms with Gasteiger partial charge in [0.2, 0.25) is 0 Å². The molecule has 0 saturated carbocycles. The Morgan fingerprint density at radius 1 is 1.57 bits per heavy atom. The van der Waals surface area contributed by atoms with Gasteiger partial charge in [0.15, 0.2) is 5.82 Å². The molecule has 0 amide bonds. The van der Waals surface area contributed by atoms with Crippen molar-refractivity contribution in [1.29, 1.82) is 0 Å². The van der Waals surface area contributed by atoms with Gasteiger partial charge in [0.25, 0.3) is 0 Å². The average Bonchev–Trinajstić information content (AvgIpc) is 2.18. The van der Waals surface area contributed by atoms with Crippen LogP contribution >= 0.6 is 0 Å². The Morgan fingerprint density at radius 2 is 2.43 bits per heavy atom. The molecule has 1 atom stereocenters. The molecule has 0 radical (unpaired) electrons. The van der Waals surface area contributed by atoms with Gasteiger partial charge in [-0.05, 0) is 25.5 Å². The Bertz CT molecular complexity index is 313. The summed E-state index contributed by atoms with van der Waals surface area (Å²) in [6.07, 6.45) is 1.79. The van der Waals surface area contributed by atoms with Crippen LogP contribution in [0, 0.1) is 6.92 Å². The zero-order valence-electron chi connectivity index (χ0n) is 8.70. The van der Waals surface area contributed by atoms with Crippen LogP contribution < -0.4 is 10.2 Å². The van der Waals surface area contributed by atoms with Crippen LogP contribution in [0.3, 0.4) is 0 Å². The second-order valence-electron chi connectivity index (χ2n) is 3.89. The molecule has 2 heterocycles. The van der Waals surface area contributed by atoms with Crippen molar-refractivity contribution in [3.05, 3.63) is 17.8 Å². The molecule has 76 valence electrons. The van der Waals surface area contributed by atoms with E-state index in [9.17, 15) is 0 Å². The zero-order valence-corrected chi connectivity index (χ0v) is 8.70. The maximum atomic E-state index is 4.15. The van der Waals surface area contributed by atoms with Gasteiger partial charge < -0.3 is 10.2 Å². The van der Waals surface area contributed by atoms with Crippen molar-refractivity contribution < 1.29 is 0 Å². The normalized spacial score (nSPS) is 22.4. The highest BCUT2D eigenvalue weighted by atomic mass is 15.3. The van der Waals surface area contributed by atoms with Crippen LogP contribution in [0.4, 0.5) is 5.82 Å². The Hall–Kier alpha value is -1.16. The molecule has 0 aromatic carbocycles. The number of piperazine rings is 1. The molecule has 2 rings (SSSR count). The lowest BCUT2D eigenvalue weighted by atomic mass is 10.2. The van der Waals surface area contributed by atoms with Crippen molar-refractivity contribution >= 4 is 5.82 Å². The molecule has 1 aliphatic heterocycles. The van der Waals surface area contributed by atoms with E-state index in [1.165, 1.54) is 5.56 Å². The molecule has 1 aromatic heterocycles. The quantitative estimate of drug-likeness (QED) is 0.707. The lowest BCUT2D eigenvalue weighted by Crippen LogP contribution is -2.49. The molecule has 1 fully saturated rings. The molecule has 0 aliphatic carbocycles. The van der Waals surface area contributed by atoms with Gasteiger partial charge in [0.05, 0.1) is 6.20 Å². The number of aryl methyl sites for hydroxylation is 1. The molecule has 14 heavy (non-hydrogen) atoms. The lowest BCUT2D eigenvalue weighted by Gasteiger charge is -2.32. The minimum atomic E-state index is 0.533. The minimum absolute atomic E-state index is 0.533. The molecule has 1 N–H and O–H groups in total. The van der Waals surface area contributed by atoms with Crippen molar-refractivity contribution in [2.24, 2.45) is 0 Å². The van der Waals surface area contributed by atoms with Gasteiger partial charge in [-0.3, -0.25) is 0 Å². The largest absolute Gasteiger partial charge is 0.352 e. The van der Waals surface area contributed by atoms with E-state index in [1.807, 2.05) is 6.92 Å². The number of aromatic nitrogens is 2. The summed E-state index contributed by atoms with van der Waals surface area (Å²) >= 11 is 0. The summed E-state index contributed by atoms with van der Waals surface area (Å²) in [5.41, 5.74) is 1.17. The Morgan fingerprint density at radius 3 is 3.14 bits per heavy atom. The maximum Gasteiger partial charge on any atom is 0.151 e. The third-order valence-corrected chi connectivity index (χ3v) is 2.47. The van der Waals surface area contributed by atoms with Crippen LogP contribution in [0.5, 0.6) is 0 Å². The highest BCUT2D eigenvalue weighted by Gasteiger charge is 2.16. The number of rotatable bonds is 1. The zero-order chi connectivity index (χ0) is 9.97. The Labute approximate surface area is 84.3 Å². The SMILES string of the molecule is Cc1cnnc(N2CCN[C@@H](C)C2)c1. The van der Waals surface area contributed by atoms with Crippen LogP contribution in [0.15, 0.2) is 12.3 Å². The van der Waals surface area contributed by atoms with Gasteiger partial charge in [0.1, 0.15) is 0 Å². The highest BCUT2D eigenvalue weighted by molar-refractivity contribution is 5.39. The number of nitrogens with zero attached hydrogens (tertiary/aromatic N) is 3. The minimum Gasteiger partial charge on any atom is -0.352 e. The van der Waals surface area contributed by atoms with E-state index in [0.29, 0.717) is 6.04 Å². The van der Waals surface area contributed by atoms with E-state index < -0.39 is 0 Å². The van der Waals surface area contributed by atoms with Gasteiger partial charge in [-0.25, -0.2) is 0 Å². The molecule has 4 heteroatoms. The van der Waals surface area contributed by atoms with Crippen LogP contribution in [0.25, 0.3) is 0 Å². The number of hydrogen-bond acceptors (Lipinski definition) is 4. The molecule has 4 nitrogen and oxygen atoms in total. The van der Waals surface area contributed by atoms with E-state index in [4.69, 9.17) is 0 Å². The van der Waals surface area contributed by atoms with Crippen LogP contribution in [-0.4, -0.2) is 35.9 Å². The summed E-state index contributed by atoms with van der Waals surface area (Å²) in [4.78, 5) is 2.28. The van der Waals surface area contributed by atoms with Gasteiger partial charge >= 0.3 is 0 Å². The molecule has 0 bridgehead atoms. The fraction of sp³-hybridized carbons (Fsp3) is 0.600. The Kier molecular flexibility index (Phi) is 2.63. The lowest BCUT2D eigenvalue weighted by molar-refractivity contribution is 0.481. The van der Waals surface area contributed by atoms with Crippen molar-refractivity contribution in [3.8, 4) is 0 Å². The number of nitrogens with one attached hydrogen (secondary N) is 1. The van der Waals surface area contributed by atoms with Crippen LogP contribution in [0.2, 0.25) is 0 Å². The topological polar surface area (TPSA) is 41.1 Å². The fourth-order valence-corrected chi connectivity index (χ4v) is 1.74. The monoisotopic (exact) mass is 192 g/mol. The molecule has 0 spiro atoms. The predicted octanol–water partition coefficient (Wildman–Crippen LogP) is 0.583. The van der Waals surface area contributed by atoms with Gasteiger partial charge in [-0.1, -0.05) is 0 Å². The third kappa shape index (κ3) is 2.01. The van der Waals surface area contributed by atoms with E-state index >= 15 is 0 Å². The highest BCUT2D eigenvalue weighted by Crippen LogP contribution is 2.12. The first-order valence-corrected chi connectivity index (χ1v) is 5.03. The van der Waals surface area contributed by atoms with E-state index in [-0.39, 0.29) is 0 Å². The second-order valence-corrected chi connectivity index (χ2v) is 3.89. The summed E-state index contributed by atoms with van der Waals surface area (Å²) < 4.78 is 0. The first-order chi connectivity index (χ1) is 6.75. The van der Waals surface area contributed by atoms with Gasteiger partial charge in [0, 0.05) is 25.7 Å². The maximum absolute atomic E-state index is 4.15. The fourth-order valence-electron chi connectivity index (χ4n) is 1.74. The van der Waals surface area contributed by atoms with Crippen molar-refractivity contribution in [2.75, 3.05) is 24.5 Å². The molecule has 1 aromatic rings. The standard InChI is InChI=1S/C10H16N4/c1-8-5-10(13-12-6-8)14-4-3-11-9(2)7-14/h5-6,9,11H,3-4,7H2,1-2H3/t9-/m0/s1. The van der Waals surface area contributed by atoms with Crippen molar-refractivity contribution in [3.63, 3.8) is 0 Å². The van der Waals surface area contributed by atoms with E-state index in [2.05, 4.69) is 33.4 Å².